The number of imidazole rings is 1. The maximum Gasteiger partial charge on any atom is 0.258 e. The van der Waals surface area contributed by atoms with Crippen LogP contribution in [0, 0.1) is 11.8 Å². The van der Waals surface area contributed by atoms with Gasteiger partial charge >= 0.3 is 0 Å². The van der Waals surface area contributed by atoms with E-state index in [1.165, 1.54) is 11.3 Å². The van der Waals surface area contributed by atoms with Gasteiger partial charge in [-0.15, -0.1) is 11.3 Å². The van der Waals surface area contributed by atoms with Crippen LogP contribution in [-0.4, -0.2) is 28.3 Å². The lowest BCUT2D eigenvalue weighted by molar-refractivity contribution is -0.127. The number of carbonyl (C=O) groups is 2. The summed E-state index contributed by atoms with van der Waals surface area (Å²) >= 11 is 7.72. The van der Waals surface area contributed by atoms with Crippen LogP contribution in [0.3, 0.4) is 0 Å². The van der Waals surface area contributed by atoms with E-state index in [1.807, 2.05) is 30.3 Å². The number of thiophene rings is 1. The minimum atomic E-state index is -0.489. The van der Waals surface area contributed by atoms with Gasteiger partial charge in [0.25, 0.3) is 5.91 Å². The Bertz CT molecular complexity index is 1110. The fourth-order valence-electron chi connectivity index (χ4n) is 4.31. The monoisotopic (exact) mass is 485 g/mol. The summed E-state index contributed by atoms with van der Waals surface area (Å²) in [4.78, 5) is 33.6. The molecule has 1 aromatic carbocycles. The van der Waals surface area contributed by atoms with Gasteiger partial charge < -0.3 is 21.8 Å². The van der Waals surface area contributed by atoms with Crippen LogP contribution in [-0.2, 0) is 11.2 Å². The van der Waals surface area contributed by atoms with Crippen LogP contribution >= 0.6 is 22.9 Å². The van der Waals surface area contributed by atoms with E-state index < -0.39 is 5.91 Å². The van der Waals surface area contributed by atoms with Gasteiger partial charge in [0.1, 0.15) is 16.7 Å². The first kappa shape index (κ1) is 23.5. The third kappa shape index (κ3) is 5.63. The van der Waals surface area contributed by atoms with E-state index in [9.17, 15) is 9.59 Å². The molecule has 0 aliphatic heterocycles. The lowest BCUT2D eigenvalue weighted by Crippen LogP contribution is -2.37. The van der Waals surface area contributed by atoms with E-state index in [2.05, 4.69) is 10.3 Å². The molecule has 0 bridgehead atoms. The number of primary amides is 1. The summed E-state index contributed by atoms with van der Waals surface area (Å²) in [5.41, 5.74) is 12.8. The molecule has 2 aromatic heterocycles. The number of nitrogens with two attached hydrogens (primary N) is 2. The van der Waals surface area contributed by atoms with Crippen molar-refractivity contribution in [2.75, 3.05) is 6.54 Å². The zero-order valence-electron chi connectivity index (χ0n) is 18.2. The molecule has 0 spiro atoms. The molecule has 1 aliphatic rings. The normalized spacial score (nSPS) is 19.2. The lowest BCUT2D eigenvalue weighted by Gasteiger charge is -2.28. The van der Waals surface area contributed by atoms with Crippen LogP contribution in [0.25, 0.3) is 10.6 Å². The number of H-pyrrole nitrogens is 1. The summed E-state index contributed by atoms with van der Waals surface area (Å²) in [6, 6.07) is 13.0. The summed E-state index contributed by atoms with van der Waals surface area (Å²) in [6.07, 6.45) is 4.23. The fourth-order valence-corrected chi connectivity index (χ4v) is 5.46. The zero-order valence-corrected chi connectivity index (χ0v) is 19.8. The molecule has 2 amide bonds. The first-order chi connectivity index (χ1) is 15.9. The van der Waals surface area contributed by atoms with Crippen molar-refractivity contribution in [2.45, 2.75) is 38.1 Å². The summed E-state index contributed by atoms with van der Waals surface area (Å²) < 4.78 is 0. The summed E-state index contributed by atoms with van der Waals surface area (Å²) in [7, 11) is 0. The number of aromatic nitrogens is 2. The highest BCUT2D eigenvalue weighted by Crippen LogP contribution is 2.34. The Balaban J connectivity index is 1.57. The molecule has 1 saturated carbocycles. The second-order valence-electron chi connectivity index (χ2n) is 8.52. The molecule has 9 heteroatoms. The molecule has 1 atom stereocenters. The average Bonchev–Trinajstić information content (AvgIpc) is 3.46. The number of nitrogens with one attached hydrogen (secondary N) is 2. The Hall–Kier alpha value is -2.68. The Morgan fingerprint density at radius 1 is 1.15 bits per heavy atom. The van der Waals surface area contributed by atoms with E-state index in [-0.39, 0.29) is 17.9 Å². The molecular formula is C24H28ClN5O2S. The smallest absolute Gasteiger partial charge is 0.258 e. The predicted octanol–water partition coefficient (Wildman–Crippen LogP) is 4.06. The number of halogens is 1. The van der Waals surface area contributed by atoms with Crippen LogP contribution < -0.4 is 16.8 Å². The van der Waals surface area contributed by atoms with Gasteiger partial charge in [-0.05, 0) is 62.3 Å². The molecule has 0 radical (unpaired) electrons. The number of benzene rings is 1. The first-order valence-corrected chi connectivity index (χ1v) is 12.3. The van der Waals surface area contributed by atoms with Crippen LogP contribution in [0.1, 0.15) is 52.8 Å². The predicted molar refractivity (Wildman–Crippen MR) is 131 cm³/mol. The van der Waals surface area contributed by atoms with E-state index in [1.54, 1.807) is 12.1 Å². The number of aromatic amines is 1. The topological polar surface area (TPSA) is 127 Å². The van der Waals surface area contributed by atoms with Gasteiger partial charge in [-0.1, -0.05) is 41.9 Å². The molecule has 4 rings (SSSR count). The van der Waals surface area contributed by atoms with Crippen molar-refractivity contribution in [2.24, 2.45) is 23.3 Å². The summed E-state index contributed by atoms with van der Waals surface area (Å²) in [5, 5.41) is 3.57. The Labute approximate surface area is 201 Å². The van der Waals surface area contributed by atoms with Gasteiger partial charge in [0, 0.05) is 5.92 Å². The molecule has 1 aliphatic carbocycles. The van der Waals surface area contributed by atoms with Gasteiger partial charge in [-0.25, -0.2) is 4.98 Å². The largest absolute Gasteiger partial charge is 0.365 e. The van der Waals surface area contributed by atoms with Crippen LogP contribution in [0.4, 0.5) is 0 Å². The average molecular weight is 486 g/mol. The maximum absolute atomic E-state index is 13.1. The molecule has 1 fully saturated rings. The van der Waals surface area contributed by atoms with Crippen LogP contribution in [0.5, 0.6) is 0 Å². The number of nitrogens with zero attached hydrogens (tertiary/aromatic N) is 1. The Kier molecular flexibility index (Phi) is 7.47. The second-order valence-corrected chi connectivity index (χ2v) is 9.98. The van der Waals surface area contributed by atoms with E-state index in [0.717, 1.165) is 36.1 Å². The maximum atomic E-state index is 13.1. The van der Waals surface area contributed by atoms with E-state index in [0.29, 0.717) is 40.4 Å². The van der Waals surface area contributed by atoms with Crippen molar-refractivity contribution in [3.63, 3.8) is 0 Å². The molecule has 0 saturated heterocycles. The highest BCUT2D eigenvalue weighted by atomic mass is 35.5. The molecule has 33 heavy (non-hydrogen) atoms. The molecule has 7 nitrogen and oxygen atoms in total. The van der Waals surface area contributed by atoms with E-state index in [4.69, 9.17) is 28.1 Å². The Morgan fingerprint density at radius 3 is 2.52 bits per heavy atom. The van der Waals surface area contributed by atoms with Crippen molar-refractivity contribution >= 4 is 34.8 Å². The highest BCUT2D eigenvalue weighted by Gasteiger charge is 2.29. The van der Waals surface area contributed by atoms with Crippen LogP contribution in [0.15, 0.2) is 42.5 Å². The van der Waals surface area contributed by atoms with Crippen LogP contribution in [0.2, 0.25) is 5.15 Å². The molecular weight excluding hydrogens is 458 g/mol. The van der Waals surface area contributed by atoms with Crippen molar-refractivity contribution in [3.05, 3.63) is 63.9 Å². The van der Waals surface area contributed by atoms with Crippen molar-refractivity contribution in [1.82, 2.24) is 15.3 Å². The van der Waals surface area contributed by atoms with Crippen molar-refractivity contribution in [1.29, 1.82) is 0 Å². The van der Waals surface area contributed by atoms with Crippen molar-refractivity contribution < 1.29 is 9.59 Å². The van der Waals surface area contributed by atoms with E-state index >= 15 is 0 Å². The third-order valence-corrected chi connectivity index (χ3v) is 7.62. The number of rotatable bonds is 8. The minimum absolute atomic E-state index is 0.0219. The molecule has 1 unspecified atom stereocenters. The minimum Gasteiger partial charge on any atom is -0.365 e. The fraction of sp³-hybridized carbons (Fsp3) is 0.375. The zero-order chi connectivity index (χ0) is 23.4. The van der Waals surface area contributed by atoms with Gasteiger partial charge in [-0.3, -0.25) is 9.59 Å². The number of amides is 2. The lowest BCUT2D eigenvalue weighted by atomic mass is 9.81. The molecule has 174 valence electrons. The number of carbonyl (C=O) groups excluding carboxylic acids is 2. The van der Waals surface area contributed by atoms with Gasteiger partial charge in [-0.2, -0.15) is 0 Å². The first-order valence-electron chi connectivity index (χ1n) is 11.1. The Morgan fingerprint density at radius 2 is 1.88 bits per heavy atom. The van der Waals surface area contributed by atoms with Gasteiger partial charge in [0.05, 0.1) is 15.8 Å². The molecule has 2 heterocycles. The van der Waals surface area contributed by atoms with Gasteiger partial charge in [0.15, 0.2) is 0 Å². The second kappa shape index (κ2) is 10.5. The third-order valence-electron chi connectivity index (χ3n) is 6.24. The van der Waals surface area contributed by atoms with Crippen molar-refractivity contribution in [3.8, 4) is 10.6 Å². The standard InChI is InChI=1S/C24H28ClN5O2S/c25-21-20(18-10-11-19(33-18)22(27)31)29-23(30-21)17(12-14-4-2-1-3-5-14)28-24(32)16-8-6-15(13-26)7-9-16/h1-5,10-11,15-17H,6-9,12-13,26H2,(H2,27,31)(H,28,32)(H,29,30). The molecule has 6 N–H and O–H groups in total. The summed E-state index contributed by atoms with van der Waals surface area (Å²) in [6.45, 7) is 0.679. The quantitative estimate of drug-likeness (QED) is 0.383. The number of hydrogen-bond acceptors (Lipinski definition) is 5. The highest BCUT2D eigenvalue weighted by molar-refractivity contribution is 7.17. The molecule has 3 aromatic rings. The SMILES string of the molecule is NCC1CCC(C(=O)NC(Cc2ccccc2)c2nc(-c3ccc(C(N)=O)s3)c(Cl)[nH]2)CC1. The number of hydrogen-bond donors (Lipinski definition) is 4. The summed E-state index contributed by atoms with van der Waals surface area (Å²) in [5.74, 6) is 0.615. The van der Waals surface area contributed by atoms with Gasteiger partial charge in [0.2, 0.25) is 5.91 Å².